The number of anilines is 1. The quantitative estimate of drug-likeness (QED) is 0.788. The highest BCUT2D eigenvalue weighted by molar-refractivity contribution is 7.90. The van der Waals surface area contributed by atoms with E-state index in [4.69, 9.17) is 11.0 Å². The van der Waals surface area contributed by atoms with Crippen molar-refractivity contribution in [3.63, 3.8) is 0 Å². The number of pyridine rings is 1. The Morgan fingerprint density at radius 1 is 1.53 bits per heavy atom. The molecule has 0 unspecified atom stereocenters. The molecule has 0 fully saturated rings. The van der Waals surface area contributed by atoms with Crippen LogP contribution in [0.25, 0.3) is 0 Å². The van der Waals surface area contributed by atoms with Gasteiger partial charge in [0.1, 0.15) is 21.7 Å². The molecule has 0 saturated heterocycles. The second kappa shape index (κ2) is 4.28. The Morgan fingerprint density at radius 2 is 2.20 bits per heavy atom. The van der Waals surface area contributed by atoms with E-state index in [0.717, 1.165) is 0 Å². The number of rotatable bonds is 3. The molecule has 1 heterocycles. The molecule has 0 amide bonds. The Balaban J connectivity index is 2.82. The van der Waals surface area contributed by atoms with Crippen LogP contribution in [0.2, 0.25) is 0 Å². The zero-order valence-corrected chi connectivity index (χ0v) is 9.08. The minimum Gasteiger partial charge on any atom is -0.383 e. The molecule has 6 heteroatoms. The van der Waals surface area contributed by atoms with Crippen LogP contribution in [-0.4, -0.2) is 25.4 Å². The van der Waals surface area contributed by atoms with Crippen molar-refractivity contribution in [3.05, 3.63) is 23.4 Å². The third-order valence-electron chi connectivity index (χ3n) is 1.83. The van der Waals surface area contributed by atoms with Crippen molar-refractivity contribution in [1.29, 1.82) is 5.26 Å². The molecule has 0 saturated carbocycles. The molecule has 1 aromatic rings. The summed E-state index contributed by atoms with van der Waals surface area (Å²) in [5.41, 5.74) is 6.37. The fourth-order valence-corrected chi connectivity index (χ4v) is 1.62. The van der Waals surface area contributed by atoms with Gasteiger partial charge in [0, 0.05) is 18.4 Å². The lowest BCUT2D eigenvalue weighted by Gasteiger charge is -2.01. The molecule has 0 atom stereocenters. The average molecular weight is 225 g/mol. The summed E-state index contributed by atoms with van der Waals surface area (Å²) in [4.78, 5) is 3.94. The number of nitrogens with zero attached hydrogens (tertiary/aromatic N) is 2. The van der Waals surface area contributed by atoms with E-state index in [0.29, 0.717) is 17.7 Å². The van der Waals surface area contributed by atoms with E-state index in [1.807, 2.05) is 6.07 Å². The highest BCUT2D eigenvalue weighted by Gasteiger charge is 2.06. The van der Waals surface area contributed by atoms with Gasteiger partial charge in [-0.25, -0.2) is 13.4 Å². The van der Waals surface area contributed by atoms with Crippen LogP contribution in [0, 0.1) is 11.3 Å². The van der Waals surface area contributed by atoms with Crippen molar-refractivity contribution < 1.29 is 8.42 Å². The van der Waals surface area contributed by atoms with Gasteiger partial charge < -0.3 is 5.73 Å². The Morgan fingerprint density at radius 3 is 2.67 bits per heavy atom. The zero-order valence-electron chi connectivity index (χ0n) is 8.27. The molecule has 80 valence electrons. The Bertz CT molecular complexity index is 503. The molecule has 5 nitrogen and oxygen atoms in total. The van der Waals surface area contributed by atoms with E-state index in [9.17, 15) is 8.42 Å². The predicted octanol–water partition coefficient (Wildman–Crippen LogP) is 0.123. The van der Waals surface area contributed by atoms with Crippen LogP contribution < -0.4 is 5.73 Å². The standard InChI is InChI=1S/C9H11N3O2S/c1-15(13,14)5-4-8-3-2-7(6-10)9(11)12-8/h2-3H,4-5H2,1H3,(H2,11,12). The summed E-state index contributed by atoms with van der Waals surface area (Å²) in [6.07, 6.45) is 1.48. The number of hydrogen-bond acceptors (Lipinski definition) is 5. The topological polar surface area (TPSA) is 96.8 Å². The van der Waals surface area contributed by atoms with E-state index < -0.39 is 9.84 Å². The molecule has 0 aliphatic rings. The molecular weight excluding hydrogens is 214 g/mol. The van der Waals surface area contributed by atoms with Crippen LogP contribution in [0.3, 0.4) is 0 Å². The number of aryl methyl sites for hydroxylation is 1. The molecule has 0 aliphatic carbocycles. The van der Waals surface area contributed by atoms with Crippen LogP contribution in [0.15, 0.2) is 12.1 Å². The smallest absolute Gasteiger partial charge is 0.147 e. The number of hydrogen-bond donors (Lipinski definition) is 1. The fourth-order valence-electron chi connectivity index (χ4n) is 1.04. The lowest BCUT2D eigenvalue weighted by Crippen LogP contribution is -2.08. The van der Waals surface area contributed by atoms with Crippen molar-refractivity contribution in [1.82, 2.24) is 4.98 Å². The van der Waals surface area contributed by atoms with E-state index in [-0.39, 0.29) is 11.6 Å². The second-order valence-corrected chi connectivity index (χ2v) is 5.49. The summed E-state index contributed by atoms with van der Waals surface area (Å²) >= 11 is 0. The van der Waals surface area contributed by atoms with Gasteiger partial charge in [0.05, 0.1) is 11.3 Å². The molecule has 0 aliphatic heterocycles. The maximum atomic E-state index is 10.9. The first-order valence-corrected chi connectivity index (χ1v) is 6.31. The zero-order chi connectivity index (χ0) is 11.5. The molecule has 2 N–H and O–H groups in total. The van der Waals surface area contributed by atoms with Gasteiger partial charge >= 0.3 is 0 Å². The third-order valence-corrected chi connectivity index (χ3v) is 2.78. The summed E-state index contributed by atoms with van der Waals surface area (Å²) in [7, 11) is -3.00. The van der Waals surface area contributed by atoms with Gasteiger partial charge in [-0.05, 0) is 12.1 Å². The van der Waals surface area contributed by atoms with Gasteiger partial charge in [-0.2, -0.15) is 5.26 Å². The van der Waals surface area contributed by atoms with E-state index in [2.05, 4.69) is 4.98 Å². The summed E-state index contributed by atoms with van der Waals surface area (Å²) in [6.45, 7) is 0. The minimum atomic E-state index is -3.00. The lowest BCUT2D eigenvalue weighted by atomic mass is 10.2. The molecule has 0 aromatic carbocycles. The molecule has 15 heavy (non-hydrogen) atoms. The second-order valence-electron chi connectivity index (χ2n) is 3.23. The Labute approximate surface area is 88.5 Å². The van der Waals surface area contributed by atoms with E-state index in [1.54, 1.807) is 12.1 Å². The number of nitriles is 1. The van der Waals surface area contributed by atoms with Crippen molar-refractivity contribution in [2.45, 2.75) is 6.42 Å². The fraction of sp³-hybridized carbons (Fsp3) is 0.333. The number of nitrogens with two attached hydrogens (primary N) is 1. The highest BCUT2D eigenvalue weighted by Crippen LogP contribution is 2.09. The van der Waals surface area contributed by atoms with Gasteiger partial charge in [0.2, 0.25) is 0 Å². The molecule has 1 rings (SSSR count). The number of sulfone groups is 1. The molecular formula is C9H11N3O2S. The maximum Gasteiger partial charge on any atom is 0.147 e. The van der Waals surface area contributed by atoms with E-state index in [1.165, 1.54) is 6.26 Å². The van der Waals surface area contributed by atoms with E-state index >= 15 is 0 Å². The first-order chi connectivity index (χ1) is 6.92. The minimum absolute atomic E-state index is 0.0331. The largest absolute Gasteiger partial charge is 0.383 e. The number of nitrogen functional groups attached to an aromatic ring is 1. The number of aromatic nitrogens is 1. The normalized spacial score (nSPS) is 10.9. The summed E-state index contributed by atoms with van der Waals surface area (Å²) in [5.74, 6) is 0.175. The summed E-state index contributed by atoms with van der Waals surface area (Å²) in [5, 5.41) is 8.60. The Hall–Kier alpha value is -1.61. The van der Waals surface area contributed by atoms with Gasteiger partial charge in [0.25, 0.3) is 0 Å². The Kier molecular flexibility index (Phi) is 3.27. The van der Waals surface area contributed by atoms with Gasteiger partial charge in [-0.1, -0.05) is 0 Å². The third kappa shape index (κ3) is 3.56. The monoisotopic (exact) mass is 225 g/mol. The SMILES string of the molecule is CS(=O)(=O)CCc1ccc(C#N)c(N)n1. The van der Waals surface area contributed by atoms with Crippen LogP contribution in [0.1, 0.15) is 11.3 Å². The van der Waals surface area contributed by atoms with Crippen molar-refractivity contribution >= 4 is 15.7 Å². The molecule has 0 bridgehead atoms. The summed E-state index contributed by atoms with van der Waals surface area (Å²) in [6, 6.07) is 5.04. The molecule has 0 spiro atoms. The van der Waals surface area contributed by atoms with Crippen LogP contribution in [0.4, 0.5) is 5.82 Å². The molecule has 0 radical (unpaired) electrons. The average Bonchev–Trinajstić information content (AvgIpc) is 2.14. The van der Waals surface area contributed by atoms with Crippen molar-refractivity contribution in [2.75, 3.05) is 17.7 Å². The van der Waals surface area contributed by atoms with Gasteiger partial charge in [0.15, 0.2) is 0 Å². The lowest BCUT2D eigenvalue weighted by molar-refractivity contribution is 0.601. The van der Waals surface area contributed by atoms with Crippen LogP contribution in [0.5, 0.6) is 0 Å². The van der Waals surface area contributed by atoms with Gasteiger partial charge in [-0.3, -0.25) is 0 Å². The van der Waals surface area contributed by atoms with Crippen molar-refractivity contribution in [3.8, 4) is 6.07 Å². The highest BCUT2D eigenvalue weighted by atomic mass is 32.2. The summed E-state index contributed by atoms with van der Waals surface area (Å²) < 4.78 is 21.8. The maximum absolute atomic E-state index is 10.9. The van der Waals surface area contributed by atoms with Crippen LogP contribution in [-0.2, 0) is 16.3 Å². The van der Waals surface area contributed by atoms with Crippen LogP contribution >= 0.6 is 0 Å². The molecule has 1 aromatic heterocycles. The predicted molar refractivity (Wildman–Crippen MR) is 56.8 cm³/mol. The van der Waals surface area contributed by atoms with Crippen molar-refractivity contribution in [2.24, 2.45) is 0 Å². The first kappa shape index (κ1) is 11.5. The van der Waals surface area contributed by atoms with Gasteiger partial charge in [-0.15, -0.1) is 0 Å². The first-order valence-electron chi connectivity index (χ1n) is 4.25.